The fourth-order valence-electron chi connectivity index (χ4n) is 2.21. The molecule has 0 radical (unpaired) electrons. The summed E-state index contributed by atoms with van der Waals surface area (Å²) in [5, 5.41) is 0. The van der Waals surface area contributed by atoms with E-state index < -0.39 is 17.8 Å². The first kappa shape index (κ1) is 15.3. The van der Waals surface area contributed by atoms with Gasteiger partial charge in [0.15, 0.2) is 0 Å². The standard InChI is InChI=1S/C14H15F3N4/c1-8-5-6-20-13(18)11(8)12(21-19)9-3-2-4-10(7-9)14(15,16)17/h2-7,12,21H,19H2,1H3,(H2,18,20). The van der Waals surface area contributed by atoms with E-state index >= 15 is 0 Å². The maximum absolute atomic E-state index is 12.8. The van der Waals surface area contributed by atoms with Crippen LogP contribution >= 0.6 is 0 Å². The number of aromatic nitrogens is 1. The predicted octanol–water partition coefficient (Wildman–Crippen LogP) is 2.54. The lowest BCUT2D eigenvalue weighted by Crippen LogP contribution is -2.30. The molecule has 2 aromatic rings. The summed E-state index contributed by atoms with van der Waals surface area (Å²) in [5.74, 6) is 5.75. The molecule has 0 bridgehead atoms. The van der Waals surface area contributed by atoms with E-state index in [0.717, 1.165) is 17.7 Å². The molecule has 1 aromatic heterocycles. The molecule has 112 valence electrons. The van der Waals surface area contributed by atoms with Crippen LogP contribution in [0, 0.1) is 6.92 Å². The van der Waals surface area contributed by atoms with Crippen LogP contribution in [0.4, 0.5) is 19.0 Å². The van der Waals surface area contributed by atoms with Crippen molar-refractivity contribution in [2.75, 3.05) is 5.73 Å². The second kappa shape index (κ2) is 5.71. The lowest BCUT2D eigenvalue weighted by Gasteiger charge is -2.21. The molecule has 5 N–H and O–H groups in total. The molecule has 0 aliphatic heterocycles. The number of nitrogens with one attached hydrogen (secondary N) is 1. The van der Waals surface area contributed by atoms with Gasteiger partial charge in [-0.25, -0.2) is 10.4 Å². The van der Waals surface area contributed by atoms with Gasteiger partial charge >= 0.3 is 6.18 Å². The van der Waals surface area contributed by atoms with Crippen LogP contribution in [-0.4, -0.2) is 4.98 Å². The summed E-state index contributed by atoms with van der Waals surface area (Å²) in [4.78, 5) is 3.97. The Balaban J connectivity index is 2.52. The van der Waals surface area contributed by atoms with Gasteiger partial charge in [0, 0.05) is 11.8 Å². The van der Waals surface area contributed by atoms with Crippen LogP contribution in [0.15, 0.2) is 36.5 Å². The van der Waals surface area contributed by atoms with Crippen molar-refractivity contribution in [3.63, 3.8) is 0 Å². The highest BCUT2D eigenvalue weighted by molar-refractivity contribution is 5.50. The molecule has 1 atom stereocenters. The zero-order valence-electron chi connectivity index (χ0n) is 11.3. The summed E-state index contributed by atoms with van der Waals surface area (Å²) in [5.41, 5.74) is 9.34. The van der Waals surface area contributed by atoms with Gasteiger partial charge in [0.25, 0.3) is 0 Å². The van der Waals surface area contributed by atoms with Gasteiger partial charge in [-0.05, 0) is 36.2 Å². The van der Waals surface area contributed by atoms with E-state index in [0.29, 0.717) is 11.1 Å². The van der Waals surface area contributed by atoms with Crippen molar-refractivity contribution in [2.45, 2.75) is 19.1 Å². The maximum Gasteiger partial charge on any atom is 0.416 e. The number of rotatable bonds is 3. The fraction of sp³-hybridized carbons (Fsp3) is 0.214. The minimum Gasteiger partial charge on any atom is -0.383 e. The van der Waals surface area contributed by atoms with Crippen molar-refractivity contribution in [1.29, 1.82) is 0 Å². The summed E-state index contributed by atoms with van der Waals surface area (Å²) in [6.45, 7) is 1.80. The number of halogens is 3. The highest BCUT2D eigenvalue weighted by Crippen LogP contribution is 2.33. The Morgan fingerprint density at radius 1 is 1.24 bits per heavy atom. The van der Waals surface area contributed by atoms with Crippen molar-refractivity contribution in [3.05, 3.63) is 58.8 Å². The number of benzene rings is 1. The topological polar surface area (TPSA) is 77.0 Å². The number of hydrogen-bond donors (Lipinski definition) is 3. The van der Waals surface area contributed by atoms with Gasteiger partial charge in [-0.15, -0.1) is 0 Å². The molecule has 2 rings (SSSR count). The van der Waals surface area contributed by atoms with E-state index in [2.05, 4.69) is 10.4 Å². The highest BCUT2D eigenvalue weighted by atomic mass is 19.4. The largest absolute Gasteiger partial charge is 0.416 e. The molecule has 21 heavy (non-hydrogen) atoms. The van der Waals surface area contributed by atoms with Crippen LogP contribution in [-0.2, 0) is 6.18 Å². The third-order valence-electron chi connectivity index (χ3n) is 3.24. The molecule has 7 heteroatoms. The lowest BCUT2D eigenvalue weighted by atomic mass is 9.95. The van der Waals surface area contributed by atoms with Crippen molar-refractivity contribution < 1.29 is 13.2 Å². The molecule has 0 saturated heterocycles. The van der Waals surface area contributed by atoms with Gasteiger partial charge in [0.1, 0.15) is 5.82 Å². The summed E-state index contributed by atoms with van der Waals surface area (Å²) < 4.78 is 38.4. The number of anilines is 1. The molecule has 1 unspecified atom stereocenters. The number of nitrogen functional groups attached to an aromatic ring is 1. The Kier molecular flexibility index (Phi) is 4.15. The third-order valence-corrected chi connectivity index (χ3v) is 3.24. The van der Waals surface area contributed by atoms with Gasteiger partial charge in [-0.3, -0.25) is 5.84 Å². The predicted molar refractivity (Wildman–Crippen MR) is 74.0 cm³/mol. The van der Waals surface area contributed by atoms with Crippen LogP contribution in [0.25, 0.3) is 0 Å². The number of pyridine rings is 1. The minimum atomic E-state index is -4.41. The molecule has 0 spiro atoms. The maximum atomic E-state index is 12.8. The Morgan fingerprint density at radius 3 is 2.52 bits per heavy atom. The molecule has 0 aliphatic carbocycles. The summed E-state index contributed by atoms with van der Waals surface area (Å²) >= 11 is 0. The van der Waals surface area contributed by atoms with E-state index in [-0.39, 0.29) is 5.82 Å². The van der Waals surface area contributed by atoms with Gasteiger partial charge in [0.2, 0.25) is 0 Å². The molecule has 4 nitrogen and oxygen atoms in total. The molecular weight excluding hydrogens is 281 g/mol. The minimum absolute atomic E-state index is 0.232. The smallest absolute Gasteiger partial charge is 0.383 e. The van der Waals surface area contributed by atoms with Gasteiger partial charge in [0.05, 0.1) is 11.6 Å². The average molecular weight is 296 g/mol. The Bertz CT molecular complexity index is 620. The van der Waals surface area contributed by atoms with Crippen molar-refractivity contribution >= 4 is 5.82 Å². The number of nitrogens with two attached hydrogens (primary N) is 2. The number of hydrazine groups is 1. The quantitative estimate of drug-likeness (QED) is 0.601. The Hall–Kier alpha value is -2.12. The second-order valence-corrected chi connectivity index (χ2v) is 4.65. The monoisotopic (exact) mass is 296 g/mol. The van der Waals surface area contributed by atoms with E-state index in [1.54, 1.807) is 19.1 Å². The van der Waals surface area contributed by atoms with Crippen molar-refractivity contribution in [3.8, 4) is 0 Å². The van der Waals surface area contributed by atoms with E-state index in [9.17, 15) is 13.2 Å². The molecule has 1 heterocycles. The summed E-state index contributed by atoms with van der Waals surface area (Å²) in [6.07, 6.45) is -2.88. The number of alkyl halides is 3. The van der Waals surface area contributed by atoms with Crippen molar-refractivity contribution in [2.24, 2.45) is 5.84 Å². The molecule has 0 saturated carbocycles. The zero-order chi connectivity index (χ0) is 15.6. The van der Waals surface area contributed by atoms with E-state index in [4.69, 9.17) is 11.6 Å². The van der Waals surface area contributed by atoms with Gasteiger partial charge < -0.3 is 5.73 Å². The van der Waals surface area contributed by atoms with E-state index in [1.807, 2.05) is 0 Å². The zero-order valence-corrected chi connectivity index (χ0v) is 11.3. The molecule has 0 amide bonds. The third kappa shape index (κ3) is 3.14. The number of nitrogens with zero attached hydrogens (tertiary/aromatic N) is 1. The molecular formula is C14H15F3N4. The molecule has 1 aromatic carbocycles. The Morgan fingerprint density at radius 2 is 1.95 bits per heavy atom. The first-order valence-corrected chi connectivity index (χ1v) is 6.19. The van der Waals surface area contributed by atoms with E-state index in [1.165, 1.54) is 12.3 Å². The number of aryl methyl sites for hydroxylation is 1. The Labute approximate surface area is 119 Å². The first-order valence-electron chi connectivity index (χ1n) is 6.19. The molecule has 0 aliphatic rings. The lowest BCUT2D eigenvalue weighted by molar-refractivity contribution is -0.137. The first-order chi connectivity index (χ1) is 9.84. The number of hydrogen-bond acceptors (Lipinski definition) is 4. The normalized spacial score (nSPS) is 13.2. The van der Waals surface area contributed by atoms with Crippen molar-refractivity contribution in [1.82, 2.24) is 10.4 Å². The van der Waals surface area contributed by atoms with Gasteiger partial charge in [-0.2, -0.15) is 13.2 Å². The molecule has 0 fully saturated rings. The van der Waals surface area contributed by atoms with Crippen LogP contribution in [0.5, 0.6) is 0 Å². The van der Waals surface area contributed by atoms with Crippen LogP contribution in [0.1, 0.15) is 28.3 Å². The fourth-order valence-corrected chi connectivity index (χ4v) is 2.21. The second-order valence-electron chi connectivity index (χ2n) is 4.65. The van der Waals surface area contributed by atoms with Gasteiger partial charge in [-0.1, -0.05) is 12.1 Å². The van der Waals surface area contributed by atoms with Crippen LogP contribution < -0.4 is 17.0 Å². The van der Waals surface area contributed by atoms with Crippen LogP contribution in [0.3, 0.4) is 0 Å². The average Bonchev–Trinajstić information content (AvgIpc) is 2.42. The summed E-state index contributed by atoms with van der Waals surface area (Å²) in [7, 11) is 0. The highest BCUT2D eigenvalue weighted by Gasteiger charge is 2.31. The van der Waals surface area contributed by atoms with Crippen LogP contribution in [0.2, 0.25) is 0 Å². The SMILES string of the molecule is Cc1ccnc(N)c1C(NN)c1cccc(C(F)(F)F)c1. The summed E-state index contributed by atoms with van der Waals surface area (Å²) in [6, 6.07) is 6.02.